The van der Waals surface area contributed by atoms with Gasteiger partial charge in [0.15, 0.2) is 5.78 Å². The number of carbonyl (C=O) groups is 1. The van der Waals surface area contributed by atoms with Crippen LogP contribution in [0.2, 0.25) is 0 Å². The van der Waals surface area contributed by atoms with Crippen LogP contribution in [0.4, 0.5) is 0 Å². The first-order valence-corrected chi connectivity index (χ1v) is 7.08. The fourth-order valence-corrected chi connectivity index (χ4v) is 2.71. The lowest BCUT2D eigenvalue weighted by atomic mass is 9.80. The summed E-state index contributed by atoms with van der Waals surface area (Å²) in [6.45, 7) is 2.00. The monoisotopic (exact) mass is 324 g/mol. The van der Waals surface area contributed by atoms with Crippen LogP contribution >= 0.6 is 27.5 Å². The number of benzene rings is 1. The molecule has 0 saturated heterocycles. The van der Waals surface area contributed by atoms with Crippen LogP contribution in [0.3, 0.4) is 0 Å². The lowest BCUT2D eigenvalue weighted by Crippen LogP contribution is -2.35. The summed E-state index contributed by atoms with van der Waals surface area (Å²) in [5, 5.41) is 0. The molecule has 0 N–H and O–H groups in total. The first-order chi connectivity index (χ1) is 8.57. The zero-order valence-electron chi connectivity index (χ0n) is 10.1. The van der Waals surface area contributed by atoms with E-state index < -0.39 is 4.87 Å². The lowest BCUT2D eigenvalue weighted by Gasteiger charge is -2.31. The molecule has 0 aromatic heterocycles. The van der Waals surface area contributed by atoms with Gasteiger partial charge in [0.1, 0.15) is 0 Å². The molecule has 1 nitrogen and oxygen atoms in total. The summed E-state index contributed by atoms with van der Waals surface area (Å²) >= 11 is 9.98. The molecule has 94 valence electrons. The second-order valence-electron chi connectivity index (χ2n) is 4.37. The van der Waals surface area contributed by atoms with Gasteiger partial charge in [-0.2, -0.15) is 0 Å². The van der Waals surface area contributed by atoms with E-state index in [1.165, 1.54) is 0 Å². The second-order valence-corrected chi connectivity index (χ2v) is 5.99. The van der Waals surface area contributed by atoms with Crippen molar-refractivity contribution in [1.29, 1.82) is 0 Å². The van der Waals surface area contributed by atoms with Crippen LogP contribution in [0, 0.1) is 5.92 Å². The van der Waals surface area contributed by atoms with Gasteiger partial charge in [0.25, 0.3) is 0 Å². The third-order valence-electron chi connectivity index (χ3n) is 3.25. The van der Waals surface area contributed by atoms with Crippen molar-refractivity contribution in [2.24, 2.45) is 5.92 Å². The highest BCUT2D eigenvalue weighted by Crippen LogP contribution is 2.39. The van der Waals surface area contributed by atoms with Crippen LogP contribution in [0.1, 0.15) is 23.7 Å². The number of rotatable bonds is 3. The largest absolute Gasteiger partial charge is 0.293 e. The van der Waals surface area contributed by atoms with E-state index in [0.29, 0.717) is 12.0 Å². The van der Waals surface area contributed by atoms with Gasteiger partial charge in [0, 0.05) is 10.0 Å². The number of alkyl halides is 1. The van der Waals surface area contributed by atoms with Crippen LogP contribution < -0.4 is 0 Å². The fraction of sp³-hybridized carbons (Fsp3) is 0.267. The highest BCUT2D eigenvalue weighted by atomic mass is 79.9. The van der Waals surface area contributed by atoms with Crippen molar-refractivity contribution >= 4 is 33.3 Å². The summed E-state index contributed by atoms with van der Waals surface area (Å²) in [5.41, 5.74) is 0.702. The van der Waals surface area contributed by atoms with E-state index in [1.807, 2.05) is 55.5 Å². The molecule has 0 aliphatic heterocycles. The van der Waals surface area contributed by atoms with E-state index in [2.05, 4.69) is 15.9 Å². The van der Waals surface area contributed by atoms with Gasteiger partial charge in [-0.15, -0.1) is 11.6 Å². The summed E-state index contributed by atoms with van der Waals surface area (Å²) in [5.74, 6) is -0.264. The number of hydrogen-bond acceptors (Lipinski definition) is 1. The zero-order valence-corrected chi connectivity index (χ0v) is 12.4. The third kappa shape index (κ3) is 2.60. The molecule has 0 radical (unpaired) electrons. The molecule has 0 amide bonds. The first-order valence-electron chi connectivity index (χ1n) is 5.91. The Kier molecular flexibility index (Phi) is 4.08. The molecule has 1 aliphatic carbocycles. The standard InChI is InChI=1S/C15H14BrClO/c1-2-15(17)9-8-12(16)10-13(15)14(18)11-6-4-3-5-7-11/h3-10,13H,2H2,1H3. The molecule has 2 unspecified atom stereocenters. The van der Waals surface area contributed by atoms with Gasteiger partial charge in [0.05, 0.1) is 10.8 Å². The average Bonchev–Trinajstić information content (AvgIpc) is 2.42. The summed E-state index contributed by atoms with van der Waals surface area (Å²) in [6, 6.07) is 9.29. The number of hydrogen-bond donors (Lipinski definition) is 0. The minimum absolute atomic E-state index is 0.0637. The topological polar surface area (TPSA) is 17.1 Å². The molecular weight excluding hydrogens is 312 g/mol. The van der Waals surface area contributed by atoms with Crippen LogP contribution in [-0.4, -0.2) is 10.7 Å². The molecule has 2 atom stereocenters. The highest BCUT2D eigenvalue weighted by Gasteiger charge is 2.38. The van der Waals surface area contributed by atoms with Crippen molar-refractivity contribution in [2.45, 2.75) is 18.2 Å². The molecule has 1 aromatic carbocycles. The Bertz CT molecular complexity index is 506. The summed E-state index contributed by atoms with van der Waals surface area (Å²) in [4.78, 5) is 11.9. The number of Topliss-reactive ketones (excluding diaryl/α,β-unsaturated/α-hetero) is 1. The van der Waals surface area contributed by atoms with Crippen LogP contribution in [0.25, 0.3) is 0 Å². The van der Waals surface area contributed by atoms with Crippen molar-refractivity contribution < 1.29 is 4.79 Å². The Labute approximate surface area is 121 Å². The molecule has 3 heteroatoms. The normalized spacial score (nSPS) is 26.8. The number of allylic oxidation sites excluding steroid dienone is 4. The van der Waals surface area contributed by atoms with E-state index in [0.717, 1.165) is 4.48 Å². The average molecular weight is 326 g/mol. The molecule has 0 spiro atoms. The van der Waals surface area contributed by atoms with Crippen LogP contribution in [0.5, 0.6) is 0 Å². The first kappa shape index (κ1) is 13.6. The Balaban J connectivity index is 2.37. The maximum atomic E-state index is 12.5. The van der Waals surface area contributed by atoms with Crippen molar-refractivity contribution in [3.63, 3.8) is 0 Å². The predicted molar refractivity (Wildman–Crippen MR) is 79.3 cm³/mol. The van der Waals surface area contributed by atoms with Gasteiger partial charge in [0.2, 0.25) is 0 Å². The highest BCUT2D eigenvalue weighted by molar-refractivity contribution is 9.11. The van der Waals surface area contributed by atoms with Crippen LogP contribution in [0.15, 0.2) is 53.0 Å². The van der Waals surface area contributed by atoms with Gasteiger partial charge in [-0.1, -0.05) is 71.4 Å². The van der Waals surface area contributed by atoms with Crippen molar-refractivity contribution in [1.82, 2.24) is 0 Å². The molecule has 0 fully saturated rings. The quantitative estimate of drug-likeness (QED) is 0.580. The maximum absolute atomic E-state index is 12.5. The van der Waals surface area contributed by atoms with E-state index in [1.54, 1.807) is 0 Å². The maximum Gasteiger partial charge on any atom is 0.171 e. The number of ketones is 1. The molecule has 0 saturated carbocycles. The molecule has 2 rings (SSSR count). The minimum Gasteiger partial charge on any atom is -0.293 e. The second kappa shape index (κ2) is 5.41. The zero-order chi connectivity index (χ0) is 13.2. The summed E-state index contributed by atoms with van der Waals surface area (Å²) < 4.78 is 0.904. The van der Waals surface area contributed by atoms with Gasteiger partial charge >= 0.3 is 0 Å². The smallest absolute Gasteiger partial charge is 0.171 e. The van der Waals surface area contributed by atoms with Crippen molar-refractivity contribution in [3.8, 4) is 0 Å². The van der Waals surface area contributed by atoms with E-state index in [9.17, 15) is 4.79 Å². The van der Waals surface area contributed by atoms with E-state index in [4.69, 9.17) is 11.6 Å². The Morgan fingerprint density at radius 3 is 2.67 bits per heavy atom. The van der Waals surface area contributed by atoms with Gasteiger partial charge in [-0.25, -0.2) is 0 Å². The third-order valence-corrected chi connectivity index (χ3v) is 4.40. The van der Waals surface area contributed by atoms with Crippen molar-refractivity contribution in [3.05, 3.63) is 58.6 Å². The van der Waals surface area contributed by atoms with E-state index >= 15 is 0 Å². The van der Waals surface area contributed by atoms with Gasteiger partial charge in [-0.3, -0.25) is 4.79 Å². The molecule has 0 heterocycles. The lowest BCUT2D eigenvalue weighted by molar-refractivity contribution is 0.0928. The number of halogens is 2. The molecule has 1 aliphatic rings. The summed E-state index contributed by atoms with van der Waals surface area (Å²) in [7, 11) is 0. The van der Waals surface area contributed by atoms with Gasteiger partial charge in [-0.05, 0) is 6.42 Å². The summed E-state index contributed by atoms with van der Waals surface area (Å²) in [6.07, 6.45) is 6.42. The minimum atomic E-state index is -0.621. The Hall–Kier alpha value is -0.860. The Morgan fingerprint density at radius 2 is 2.06 bits per heavy atom. The molecule has 0 bridgehead atoms. The molecule has 1 aromatic rings. The predicted octanol–water partition coefficient (Wildman–Crippen LogP) is 4.72. The fourth-order valence-electron chi connectivity index (χ4n) is 2.09. The Morgan fingerprint density at radius 1 is 1.39 bits per heavy atom. The molecule has 18 heavy (non-hydrogen) atoms. The van der Waals surface area contributed by atoms with Gasteiger partial charge < -0.3 is 0 Å². The number of carbonyl (C=O) groups excluding carboxylic acids is 1. The van der Waals surface area contributed by atoms with E-state index in [-0.39, 0.29) is 11.7 Å². The SMILES string of the molecule is CCC1(Cl)C=CC(Br)=CC1C(=O)c1ccccc1. The van der Waals surface area contributed by atoms with Crippen LogP contribution in [-0.2, 0) is 0 Å². The molecular formula is C15H14BrClO. The van der Waals surface area contributed by atoms with Crippen molar-refractivity contribution in [2.75, 3.05) is 0 Å².